The van der Waals surface area contributed by atoms with Crippen LogP contribution in [0.3, 0.4) is 0 Å². The van der Waals surface area contributed by atoms with Crippen LogP contribution in [0.5, 0.6) is 0 Å². The second-order valence-corrected chi connectivity index (χ2v) is 7.77. The van der Waals surface area contributed by atoms with Gasteiger partial charge >= 0.3 is 0 Å². The second-order valence-electron chi connectivity index (χ2n) is 4.81. The van der Waals surface area contributed by atoms with Crippen LogP contribution in [0.15, 0.2) is 21.6 Å². The highest BCUT2D eigenvalue weighted by molar-refractivity contribution is 9.10. The van der Waals surface area contributed by atoms with Gasteiger partial charge in [0.05, 0.1) is 0 Å². The average Bonchev–Trinajstić information content (AvgIpc) is 2.76. The predicted molar refractivity (Wildman–Crippen MR) is 69.5 cm³/mol. The van der Waals surface area contributed by atoms with E-state index >= 15 is 0 Å². The van der Waals surface area contributed by atoms with Gasteiger partial charge in [-0.1, -0.05) is 25.4 Å². The molecular weight excluding hydrogens is 328 g/mol. The van der Waals surface area contributed by atoms with Gasteiger partial charge in [0.1, 0.15) is 10.0 Å². The Bertz CT molecular complexity index is 559. The first-order valence-electron chi connectivity index (χ1n) is 5.06. The summed E-state index contributed by atoms with van der Waals surface area (Å²) in [6.07, 6.45) is 2.30. The molecule has 0 saturated heterocycles. The van der Waals surface area contributed by atoms with E-state index in [-0.39, 0.29) is 21.5 Å². The van der Waals surface area contributed by atoms with Gasteiger partial charge in [0, 0.05) is 16.7 Å². The first kappa shape index (κ1) is 13.3. The molecule has 4 nitrogen and oxygen atoms in total. The van der Waals surface area contributed by atoms with E-state index in [0.717, 1.165) is 6.42 Å². The fourth-order valence-corrected chi connectivity index (χ4v) is 3.86. The van der Waals surface area contributed by atoms with E-state index in [4.69, 9.17) is 11.6 Å². The molecule has 17 heavy (non-hydrogen) atoms. The number of pyridine rings is 1. The van der Waals surface area contributed by atoms with E-state index in [9.17, 15) is 8.42 Å². The molecule has 94 valence electrons. The van der Waals surface area contributed by atoms with Crippen LogP contribution in [0, 0.1) is 5.41 Å². The first-order chi connectivity index (χ1) is 7.72. The van der Waals surface area contributed by atoms with Crippen molar-refractivity contribution in [2.75, 3.05) is 0 Å². The molecule has 0 spiro atoms. The van der Waals surface area contributed by atoms with Crippen LogP contribution in [-0.2, 0) is 10.0 Å². The highest BCUT2D eigenvalue weighted by atomic mass is 79.9. The predicted octanol–water partition coefficient (Wildman–Crippen LogP) is 2.57. The van der Waals surface area contributed by atoms with Gasteiger partial charge in [-0.2, -0.15) is 0 Å². The Labute approximate surface area is 114 Å². The Morgan fingerprint density at radius 2 is 2.18 bits per heavy atom. The number of sulfonamides is 1. The maximum Gasteiger partial charge on any atom is 0.243 e. The monoisotopic (exact) mass is 338 g/mol. The number of halogens is 2. The van der Waals surface area contributed by atoms with Crippen molar-refractivity contribution in [1.82, 2.24) is 9.71 Å². The number of nitrogens with zero attached hydrogens (tertiary/aromatic N) is 1. The van der Waals surface area contributed by atoms with E-state index in [1.807, 2.05) is 13.8 Å². The van der Waals surface area contributed by atoms with Crippen molar-refractivity contribution in [1.29, 1.82) is 0 Å². The van der Waals surface area contributed by atoms with Crippen LogP contribution in [-0.4, -0.2) is 19.4 Å². The molecule has 7 heteroatoms. The quantitative estimate of drug-likeness (QED) is 0.861. The number of aromatic nitrogens is 1. The lowest BCUT2D eigenvalue weighted by atomic mass is 10.2. The smallest absolute Gasteiger partial charge is 0.242 e. The summed E-state index contributed by atoms with van der Waals surface area (Å²) in [5, 5.41) is -0.0147. The zero-order chi connectivity index (χ0) is 12.8. The zero-order valence-corrected chi connectivity index (χ0v) is 12.5. The van der Waals surface area contributed by atoms with Crippen LogP contribution >= 0.6 is 27.5 Å². The molecule has 1 aliphatic rings. The number of nitrogens with one attached hydrogen (secondary N) is 1. The Morgan fingerprint density at radius 1 is 1.59 bits per heavy atom. The highest BCUT2D eigenvalue weighted by Gasteiger charge is 2.48. The van der Waals surface area contributed by atoms with Crippen molar-refractivity contribution >= 4 is 37.6 Å². The third-order valence-corrected chi connectivity index (χ3v) is 5.21. The van der Waals surface area contributed by atoms with Crippen LogP contribution in [0.25, 0.3) is 0 Å². The minimum Gasteiger partial charge on any atom is -0.242 e. The van der Waals surface area contributed by atoms with Crippen molar-refractivity contribution < 1.29 is 8.42 Å². The number of rotatable bonds is 3. The SMILES string of the molecule is CC1(C)CC1NS(=O)(=O)c1cc(Br)cnc1Cl. The summed E-state index contributed by atoms with van der Waals surface area (Å²) in [6.45, 7) is 4.03. The lowest BCUT2D eigenvalue weighted by Crippen LogP contribution is -2.28. The molecule has 1 saturated carbocycles. The van der Waals surface area contributed by atoms with E-state index in [0.29, 0.717) is 4.47 Å². The Morgan fingerprint density at radius 3 is 2.71 bits per heavy atom. The number of hydrogen-bond acceptors (Lipinski definition) is 3. The third kappa shape index (κ3) is 2.81. The van der Waals surface area contributed by atoms with Crippen LogP contribution in [0.4, 0.5) is 0 Å². The Balaban J connectivity index is 2.29. The van der Waals surface area contributed by atoms with Crippen molar-refractivity contribution in [2.45, 2.75) is 31.2 Å². The van der Waals surface area contributed by atoms with Gasteiger partial charge in [-0.05, 0) is 33.8 Å². The van der Waals surface area contributed by atoms with Crippen LogP contribution < -0.4 is 4.72 Å². The molecule has 0 radical (unpaired) electrons. The fourth-order valence-electron chi connectivity index (χ4n) is 1.51. The molecule has 0 bridgehead atoms. The summed E-state index contributed by atoms with van der Waals surface area (Å²) in [5.74, 6) is 0. The average molecular weight is 340 g/mol. The van der Waals surface area contributed by atoms with Gasteiger partial charge in [-0.15, -0.1) is 0 Å². The molecule has 1 aromatic rings. The number of hydrogen-bond donors (Lipinski definition) is 1. The summed E-state index contributed by atoms with van der Waals surface area (Å²) in [4.78, 5) is 3.82. The van der Waals surface area contributed by atoms with Gasteiger partial charge in [-0.3, -0.25) is 0 Å². The highest BCUT2D eigenvalue weighted by Crippen LogP contribution is 2.45. The van der Waals surface area contributed by atoms with E-state index in [1.54, 1.807) is 0 Å². The lowest BCUT2D eigenvalue weighted by molar-refractivity contribution is 0.554. The lowest BCUT2D eigenvalue weighted by Gasteiger charge is -2.09. The molecule has 1 N–H and O–H groups in total. The van der Waals surface area contributed by atoms with E-state index in [1.165, 1.54) is 12.3 Å². The molecular formula is C10H12BrClN2O2S. The third-order valence-electron chi connectivity index (χ3n) is 2.87. The molecule has 0 aromatic carbocycles. The van der Waals surface area contributed by atoms with Crippen LogP contribution in [0.1, 0.15) is 20.3 Å². The van der Waals surface area contributed by atoms with Gasteiger partial charge in [-0.25, -0.2) is 18.1 Å². The van der Waals surface area contributed by atoms with Crippen LogP contribution in [0.2, 0.25) is 5.15 Å². The summed E-state index contributed by atoms with van der Waals surface area (Å²) in [5.41, 5.74) is 0.0268. The minimum absolute atomic E-state index is 0.0104. The molecule has 1 aliphatic carbocycles. The molecule has 1 fully saturated rings. The Hall–Kier alpha value is -0.170. The summed E-state index contributed by atoms with van der Waals surface area (Å²) >= 11 is 8.98. The fraction of sp³-hybridized carbons (Fsp3) is 0.500. The second kappa shape index (κ2) is 4.19. The normalized spacial score (nSPS) is 22.5. The molecule has 1 aromatic heterocycles. The molecule has 1 atom stereocenters. The van der Waals surface area contributed by atoms with Gasteiger partial charge in [0.2, 0.25) is 10.0 Å². The van der Waals surface area contributed by atoms with Crippen molar-refractivity contribution in [3.05, 3.63) is 21.9 Å². The molecule has 1 heterocycles. The molecule has 0 amide bonds. The van der Waals surface area contributed by atoms with Gasteiger partial charge in [0.15, 0.2) is 0 Å². The van der Waals surface area contributed by atoms with Crippen molar-refractivity contribution in [3.63, 3.8) is 0 Å². The van der Waals surface area contributed by atoms with Crippen molar-refractivity contribution in [3.8, 4) is 0 Å². The first-order valence-corrected chi connectivity index (χ1v) is 7.71. The van der Waals surface area contributed by atoms with E-state index in [2.05, 4.69) is 25.6 Å². The Kier molecular flexibility index (Phi) is 3.27. The molecule has 1 unspecified atom stereocenters. The summed E-state index contributed by atoms with van der Waals surface area (Å²) < 4.78 is 27.4. The standard InChI is InChI=1S/C10H12BrClN2O2S/c1-10(2)4-8(10)14-17(15,16)7-3-6(11)5-13-9(7)12/h3,5,8,14H,4H2,1-2H3. The summed E-state index contributed by atoms with van der Waals surface area (Å²) in [6, 6.07) is 1.43. The van der Waals surface area contributed by atoms with Crippen molar-refractivity contribution in [2.24, 2.45) is 5.41 Å². The maximum absolute atomic E-state index is 12.1. The topological polar surface area (TPSA) is 59.1 Å². The van der Waals surface area contributed by atoms with E-state index < -0.39 is 10.0 Å². The molecule has 0 aliphatic heterocycles. The zero-order valence-electron chi connectivity index (χ0n) is 9.37. The summed E-state index contributed by atoms with van der Waals surface area (Å²) in [7, 11) is -3.60. The largest absolute Gasteiger partial charge is 0.243 e. The minimum atomic E-state index is -3.60. The van der Waals surface area contributed by atoms with Gasteiger partial charge in [0.25, 0.3) is 0 Å². The maximum atomic E-state index is 12.1. The molecule has 2 rings (SSSR count). The van der Waals surface area contributed by atoms with Gasteiger partial charge < -0.3 is 0 Å².